The SMILES string of the molecule is CCCNc1nccnc1-c1ccc2c(c1)CCCN2C. The molecule has 0 saturated heterocycles. The maximum Gasteiger partial charge on any atom is 0.152 e. The van der Waals surface area contributed by atoms with Crippen LogP contribution in [0.25, 0.3) is 11.3 Å². The van der Waals surface area contributed by atoms with Gasteiger partial charge in [0.15, 0.2) is 5.82 Å². The van der Waals surface area contributed by atoms with Gasteiger partial charge in [-0.25, -0.2) is 4.98 Å². The summed E-state index contributed by atoms with van der Waals surface area (Å²) in [6, 6.07) is 6.63. The van der Waals surface area contributed by atoms with Gasteiger partial charge in [-0.15, -0.1) is 0 Å². The molecule has 0 saturated carbocycles. The fourth-order valence-corrected chi connectivity index (χ4v) is 2.85. The third kappa shape index (κ3) is 2.84. The van der Waals surface area contributed by atoms with Crippen LogP contribution < -0.4 is 10.2 Å². The molecule has 110 valence electrons. The molecule has 0 fully saturated rings. The smallest absolute Gasteiger partial charge is 0.152 e. The highest BCUT2D eigenvalue weighted by molar-refractivity contribution is 5.74. The molecule has 4 nitrogen and oxygen atoms in total. The van der Waals surface area contributed by atoms with Crippen molar-refractivity contribution in [3.8, 4) is 11.3 Å². The first-order valence-corrected chi connectivity index (χ1v) is 7.69. The van der Waals surface area contributed by atoms with E-state index in [-0.39, 0.29) is 0 Å². The molecule has 1 N–H and O–H groups in total. The summed E-state index contributed by atoms with van der Waals surface area (Å²) in [5, 5.41) is 3.37. The van der Waals surface area contributed by atoms with Crippen LogP contribution in [0.15, 0.2) is 30.6 Å². The molecule has 1 aromatic heterocycles. The van der Waals surface area contributed by atoms with Gasteiger partial charge < -0.3 is 10.2 Å². The topological polar surface area (TPSA) is 41.1 Å². The largest absolute Gasteiger partial charge is 0.374 e. The van der Waals surface area contributed by atoms with Crippen molar-refractivity contribution in [3.05, 3.63) is 36.2 Å². The minimum absolute atomic E-state index is 0.878. The molecule has 0 amide bonds. The lowest BCUT2D eigenvalue weighted by Gasteiger charge is -2.27. The van der Waals surface area contributed by atoms with Crippen LogP contribution in [0, 0.1) is 0 Å². The Kier molecular flexibility index (Phi) is 4.04. The highest BCUT2D eigenvalue weighted by atomic mass is 15.1. The highest BCUT2D eigenvalue weighted by Crippen LogP contribution is 2.32. The first-order valence-electron chi connectivity index (χ1n) is 7.69. The molecule has 1 aliphatic rings. The average Bonchev–Trinajstić information content (AvgIpc) is 2.53. The number of nitrogens with one attached hydrogen (secondary N) is 1. The molecule has 0 radical (unpaired) electrons. The number of hydrogen-bond donors (Lipinski definition) is 1. The lowest BCUT2D eigenvalue weighted by molar-refractivity contribution is 0.745. The van der Waals surface area contributed by atoms with E-state index in [2.05, 4.69) is 52.4 Å². The van der Waals surface area contributed by atoms with Crippen LogP contribution in [0.5, 0.6) is 0 Å². The van der Waals surface area contributed by atoms with Gasteiger partial charge in [-0.2, -0.15) is 0 Å². The van der Waals surface area contributed by atoms with Crippen molar-refractivity contribution >= 4 is 11.5 Å². The summed E-state index contributed by atoms with van der Waals surface area (Å²) >= 11 is 0. The Balaban J connectivity index is 1.97. The van der Waals surface area contributed by atoms with E-state index < -0.39 is 0 Å². The van der Waals surface area contributed by atoms with Gasteiger partial charge in [-0.3, -0.25) is 4.98 Å². The van der Waals surface area contributed by atoms with Crippen molar-refractivity contribution in [1.82, 2.24) is 9.97 Å². The molecule has 3 rings (SSSR count). The van der Waals surface area contributed by atoms with E-state index in [0.717, 1.165) is 43.0 Å². The van der Waals surface area contributed by atoms with Crippen LogP contribution in [-0.2, 0) is 6.42 Å². The molecule has 2 aromatic rings. The Morgan fingerprint density at radius 3 is 2.95 bits per heavy atom. The average molecular weight is 282 g/mol. The fraction of sp³-hybridized carbons (Fsp3) is 0.412. The third-order valence-corrected chi connectivity index (χ3v) is 3.94. The lowest BCUT2D eigenvalue weighted by atomic mass is 9.98. The number of hydrogen-bond acceptors (Lipinski definition) is 4. The van der Waals surface area contributed by atoms with Gasteiger partial charge in [-0.1, -0.05) is 13.0 Å². The summed E-state index contributed by atoms with van der Waals surface area (Å²) in [6.07, 6.45) is 6.94. The first kappa shape index (κ1) is 13.9. The van der Waals surface area contributed by atoms with Crippen molar-refractivity contribution in [2.75, 3.05) is 30.4 Å². The van der Waals surface area contributed by atoms with Gasteiger partial charge in [0.2, 0.25) is 0 Å². The number of aromatic nitrogens is 2. The molecule has 0 aliphatic carbocycles. The molecule has 1 aliphatic heterocycles. The second kappa shape index (κ2) is 6.12. The highest BCUT2D eigenvalue weighted by Gasteiger charge is 2.15. The van der Waals surface area contributed by atoms with E-state index in [4.69, 9.17) is 0 Å². The number of nitrogens with zero attached hydrogens (tertiary/aromatic N) is 3. The summed E-state index contributed by atoms with van der Waals surface area (Å²) in [5.41, 5.74) is 4.85. The summed E-state index contributed by atoms with van der Waals surface area (Å²) in [6.45, 7) is 4.21. The predicted molar refractivity (Wildman–Crippen MR) is 87.8 cm³/mol. The van der Waals surface area contributed by atoms with E-state index in [0.29, 0.717) is 0 Å². The summed E-state index contributed by atoms with van der Waals surface area (Å²) in [5.74, 6) is 0.878. The van der Waals surface area contributed by atoms with Crippen molar-refractivity contribution in [3.63, 3.8) is 0 Å². The molecule has 0 spiro atoms. The number of aryl methyl sites for hydroxylation is 1. The van der Waals surface area contributed by atoms with Gasteiger partial charge in [0.1, 0.15) is 5.69 Å². The van der Waals surface area contributed by atoms with Gasteiger partial charge >= 0.3 is 0 Å². The number of fused-ring (bicyclic) bond motifs is 1. The molecule has 0 unspecified atom stereocenters. The molecular weight excluding hydrogens is 260 g/mol. The molecule has 4 heteroatoms. The van der Waals surface area contributed by atoms with Gasteiger partial charge in [0.25, 0.3) is 0 Å². The fourth-order valence-electron chi connectivity index (χ4n) is 2.85. The summed E-state index contributed by atoms with van der Waals surface area (Å²) < 4.78 is 0. The van der Waals surface area contributed by atoms with Crippen molar-refractivity contribution in [1.29, 1.82) is 0 Å². The minimum Gasteiger partial charge on any atom is -0.374 e. The molecular formula is C17H22N4. The maximum atomic E-state index is 4.53. The Bertz CT molecular complexity index is 624. The minimum atomic E-state index is 0.878. The number of anilines is 2. The lowest BCUT2D eigenvalue weighted by Crippen LogP contribution is -2.24. The van der Waals surface area contributed by atoms with Crippen LogP contribution in [0.3, 0.4) is 0 Å². The van der Waals surface area contributed by atoms with Crippen LogP contribution >= 0.6 is 0 Å². The molecule has 1 aromatic carbocycles. The first-order chi connectivity index (χ1) is 10.3. The van der Waals surface area contributed by atoms with Crippen LogP contribution in [0.2, 0.25) is 0 Å². The molecule has 2 heterocycles. The molecule has 0 bridgehead atoms. The molecule has 21 heavy (non-hydrogen) atoms. The second-order valence-electron chi connectivity index (χ2n) is 5.55. The normalized spacial score (nSPS) is 13.9. The van der Waals surface area contributed by atoms with E-state index in [1.165, 1.54) is 17.7 Å². The van der Waals surface area contributed by atoms with Crippen molar-refractivity contribution < 1.29 is 0 Å². The van der Waals surface area contributed by atoms with Gasteiger partial charge in [0.05, 0.1) is 0 Å². The van der Waals surface area contributed by atoms with Crippen molar-refractivity contribution in [2.24, 2.45) is 0 Å². The Morgan fingerprint density at radius 2 is 2.10 bits per heavy atom. The Hall–Kier alpha value is -2.10. The monoisotopic (exact) mass is 282 g/mol. The summed E-state index contributed by atoms with van der Waals surface area (Å²) in [4.78, 5) is 11.3. The zero-order valence-corrected chi connectivity index (χ0v) is 12.8. The standard InChI is InChI=1S/C17H22N4/c1-3-8-19-17-16(18-9-10-20-17)14-6-7-15-13(12-14)5-4-11-21(15)2/h6-7,9-10,12H,3-5,8,11H2,1-2H3,(H,19,20). The molecule has 0 atom stereocenters. The van der Waals surface area contributed by atoms with E-state index >= 15 is 0 Å². The zero-order chi connectivity index (χ0) is 14.7. The van der Waals surface area contributed by atoms with Crippen LogP contribution in [0.1, 0.15) is 25.3 Å². The zero-order valence-electron chi connectivity index (χ0n) is 12.8. The van der Waals surface area contributed by atoms with E-state index in [1.807, 2.05) is 0 Å². The Labute approximate surface area is 126 Å². The summed E-state index contributed by atoms with van der Waals surface area (Å²) in [7, 11) is 2.16. The van der Waals surface area contributed by atoms with Crippen molar-refractivity contribution in [2.45, 2.75) is 26.2 Å². The quantitative estimate of drug-likeness (QED) is 0.933. The predicted octanol–water partition coefficient (Wildman–Crippen LogP) is 3.35. The number of benzene rings is 1. The van der Waals surface area contributed by atoms with Crippen LogP contribution in [0.4, 0.5) is 11.5 Å². The van der Waals surface area contributed by atoms with E-state index in [1.54, 1.807) is 12.4 Å². The number of rotatable bonds is 4. The third-order valence-electron chi connectivity index (χ3n) is 3.94. The van der Waals surface area contributed by atoms with Gasteiger partial charge in [-0.05, 0) is 37.0 Å². The Morgan fingerprint density at radius 1 is 1.24 bits per heavy atom. The van der Waals surface area contributed by atoms with E-state index in [9.17, 15) is 0 Å². The van der Waals surface area contributed by atoms with Gasteiger partial charge in [0, 0.05) is 43.8 Å². The van der Waals surface area contributed by atoms with Crippen LogP contribution in [-0.4, -0.2) is 30.1 Å². The maximum absolute atomic E-state index is 4.53. The second-order valence-corrected chi connectivity index (χ2v) is 5.55.